The van der Waals surface area contributed by atoms with Crippen LogP contribution in [0.2, 0.25) is 15.1 Å². The number of likely N-dealkylation sites (tertiary alicyclic amines) is 1. The first-order valence-corrected chi connectivity index (χ1v) is 12.2. The van der Waals surface area contributed by atoms with Crippen molar-refractivity contribution in [1.82, 2.24) is 9.80 Å². The largest absolute Gasteiger partial charge is 0.507 e. The number of halogens is 3. The Bertz CT molecular complexity index is 1120. The van der Waals surface area contributed by atoms with Gasteiger partial charge in [-0.15, -0.1) is 0 Å². The van der Waals surface area contributed by atoms with E-state index < -0.39 is 17.7 Å². The van der Waals surface area contributed by atoms with Gasteiger partial charge in [-0.25, -0.2) is 0 Å². The summed E-state index contributed by atoms with van der Waals surface area (Å²) < 4.78 is 5.45. The van der Waals surface area contributed by atoms with Crippen LogP contribution in [0.5, 0.6) is 5.75 Å². The van der Waals surface area contributed by atoms with Crippen molar-refractivity contribution in [3.05, 3.63) is 68.2 Å². The van der Waals surface area contributed by atoms with Crippen LogP contribution in [0.4, 0.5) is 0 Å². The molecule has 2 aromatic carbocycles. The van der Waals surface area contributed by atoms with Crippen LogP contribution in [0.1, 0.15) is 37.9 Å². The number of ether oxygens (including phenoxy) is 1. The molecule has 0 bridgehead atoms. The van der Waals surface area contributed by atoms with Crippen LogP contribution in [-0.2, 0) is 9.59 Å². The number of amides is 1. The average Bonchev–Trinajstić information content (AvgIpc) is 3.07. The second kappa shape index (κ2) is 11.5. The Labute approximate surface area is 214 Å². The molecule has 1 heterocycles. The summed E-state index contributed by atoms with van der Waals surface area (Å²) in [6.07, 6.45) is 0. The highest BCUT2D eigenvalue weighted by Crippen LogP contribution is 2.41. The molecule has 1 unspecified atom stereocenters. The Morgan fingerprint density at radius 1 is 1.00 bits per heavy atom. The van der Waals surface area contributed by atoms with Crippen LogP contribution in [0, 0.1) is 0 Å². The molecule has 1 aliphatic heterocycles. The van der Waals surface area contributed by atoms with Crippen molar-refractivity contribution in [2.75, 3.05) is 32.8 Å². The van der Waals surface area contributed by atoms with E-state index in [0.717, 1.165) is 13.1 Å². The maximum Gasteiger partial charge on any atom is 0.295 e. The fourth-order valence-corrected chi connectivity index (χ4v) is 4.55. The Morgan fingerprint density at radius 2 is 1.71 bits per heavy atom. The van der Waals surface area contributed by atoms with Crippen molar-refractivity contribution in [2.24, 2.45) is 0 Å². The number of Topliss-reactive ketones (excluding diaryl/α,β-unsaturated/α-hetero) is 1. The number of ketones is 1. The summed E-state index contributed by atoms with van der Waals surface area (Å²) in [4.78, 5) is 29.9. The maximum absolute atomic E-state index is 13.2. The van der Waals surface area contributed by atoms with E-state index in [1.54, 1.807) is 30.3 Å². The fourth-order valence-electron chi connectivity index (χ4n) is 4.00. The molecular formula is C25H27Cl3N2O4. The molecule has 9 heteroatoms. The number of likely N-dealkylation sites (N-methyl/N-ethyl adjacent to an activating group) is 1. The number of rotatable bonds is 9. The zero-order chi connectivity index (χ0) is 25.0. The minimum Gasteiger partial charge on any atom is -0.507 e. The molecule has 0 aliphatic carbocycles. The first-order valence-electron chi connectivity index (χ1n) is 11.1. The van der Waals surface area contributed by atoms with E-state index in [0.29, 0.717) is 41.6 Å². The smallest absolute Gasteiger partial charge is 0.295 e. The Balaban J connectivity index is 2.12. The molecule has 3 rings (SSSR count). The van der Waals surface area contributed by atoms with Crippen LogP contribution in [-0.4, -0.2) is 59.4 Å². The van der Waals surface area contributed by atoms with Crippen molar-refractivity contribution >= 4 is 52.3 Å². The van der Waals surface area contributed by atoms with E-state index in [1.165, 1.54) is 11.0 Å². The number of carbonyl (C=O) groups excluding carboxylic acids is 2. The van der Waals surface area contributed by atoms with E-state index in [2.05, 4.69) is 4.90 Å². The lowest BCUT2D eigenvalue weighted by Gasteiger charge is -2.28. The summed E-state index contributed by atoms with van der Waals surface area (Å²) in [6.45, 7) is 8.82. The number of carbonyl (C=O) groups is 2. The molecule has 1 saturated heterocycles. The molecule has 1 aliphatic rings. The van der Waals surface area contributed by atoms with Crippen molar-refractivity contribution in [3.8, 4) is 5.75 Å². The van der Waals surface area contributed by atoms with Crippen LogP contribution in [0.3, 0.4) is 0 Å². The van der Waals surface area contributed by atoms with Gasteiger partial charge in [0, 0.05) is 18.7 Å². The summed E-state index contributed by atoms with van der Waals surface area (Å²) in [5, 5.41) is 12.1. The number of aliphatic hydroxyl groups excluding tert-OH is 1. The number of hydrogen-bond acceptors (Lipinski definition) is 5. The van der Waals surface area contributed by atoms with Gasteiger partial charge in [-0.3, -0.25) is 9.59 Å². The molecular weight excluding hydrogens is 499 g/mol. The minimum atomic E-state index is -0.823. The standard InChI is InChI=1S/C25H27Cl3N2O4/c1-4-29(5-2)11-12-30-22(15-7-9-17(26)18(27)13-15)21(24(32)25(30)33)23(31)16-8-10-20(34-6-3)19(28)14-16/h7-10,13-14,22,31H,4-6,11-12H2,1-3H3. The van der Waals surface area contributed by atoms with Gasteiger partial charge in [0.25, 0.3) is 11.7 Å². The molecule has 1 amide bonds. The summed E-state index contributed by atoms with van der Waals surface area (Å²) >= 11 is 18.7. The lowest BCUT2D eigenvalue weighted by atomic mass is 9.95. The quantitative estimate of drug-likeness (QED) is 0.254. The molecule has 182 valence electrons. The number of hydrogen-bond donors (Lipinski definition) is 1. The molecule has 0 aromatic heterocycles. The molecule has 1 N–H and O–H groups in total. The third-order valence-corrected chi connectivity index (χ3v) is 6.89. The zero-order valence-electron chi connectivity index (χ0n) is 19.3. The van der Waals surface area contributed by atoms with E-state index in [1.807, 2.05) is 20.8 Å². The van der Waals surface area contributed by atoms with E-state index in [9.17, 15) is 14.7 Å². The van der Waals surface area contributed by atoms with Gasteiger partial charge in [0.2, 0.25) is 0 Å². The molecule has 0 spiro atoms. The second-order valence-electron chi connectivity index (χ2n) is 7.77. The van der Waals surface area contributed by atoms with Gasteiger partial charge in [0.15, 0.2) is 0 Å². The Kier molecular flexibility index (Phi) is 8.88. The lowest BCUT2D eigenvalue weighted by molar-refractivity contribution is -0.140. The van der Waals surface area contributed by atoms with E-state index >= 15 is 0 Å². The van der Waals surface area contributed by atoms with E-state index in [4.69, 9.17) is 39.5 Å². The van der Waals surface area contributed by atoms with Gasteiger partial charge in [-0.05, 0) is 55.9 Å². The highest BCUT2D eigenvalue weighted by atomic mass is 35.5. The van der Waals surface area contributed by atoms with Gasteiger partial charge in [-0.1, -0.05) is 54.7 Å². The van der Waals surface area contributed by atoms with Gasteiger partial charge in [-0.2, -0.15) is 0 Å². The SMILES string of the molecule is CCOc1ccc(C(O)=C2C(=O)C(=O)N(CCN(CC)CC)C2c2ccc(Cl)c(Cl)c2)cc1Cl. The second-order valence-corrected chi connectivity index (χ2v) is 8.99. The third kappa shape index (κ3) is 5.36. The van der Waals surface area contributed by atoms with Crippen molar-refractivity contribution in [2.45, 2.75) is 26.8 Å². The molecule has 2 aromatic rings. The molecule has 6 nitrogen and oxygen atoms in total. The highest BCUT2D eigenvalue weighted by Gasteiger charge is 2.46. The summed E-state index contributed by atoms with van der Waals surface area (Å²) in [7, 11) is 0. The topological polar surface area (TPSA) is 70.1 Å². The van der Waals surface area contributed by atoms with Gasteiger partial charge >= 0.3 is 0 Å². The van der Waals surface area contributed by atoms with Crippen LogP contribution >= 0.6 is 34.8 Å². The number of benzene rings is 2. The Hall–Kier alpha value is -2.25. The third-order valence-electron chi connectivity index (χ3n) is 5.86. The average molecular weight is 526 g/mol. The summed E-state index contributed by atoms with van der Waals surface area (Å²) in [5.41, 5.74) is 0.857. The monoisotopic (exact) mass is 524 g/mol. The van der Waals surface area contributed by atoms with Crippen molar-refractivity contribution in [1.29, 1.82) is 0 Å². The molecule has 1 fully saturated rings. The number of nitrogens with zero attached hydrogens (tertiary/aromatic N) is 2. The van der Waals surface area contributed by atoms with Gasteiger partial charge < -0.3 is 19.6 Å². The normalized spacial score (nSPS) is 17.6. The predicted molar refractivity (Wildman–Crippen MR) is 136 cm³/mol. The summed E-state index contributed by atoms with van der Waals surface area (Å²) in [6, 6.07) is 8.83. The molecule has 0 radical (unpaired) electrons. The Morgan fingerprint density at radius 3 is 2.29 bits per heavy atom. The fraction of sp³-hybridized carbons (Fsp3) is 0.360. The van der Waals surface area contributed by atoms with Crippen LogP contribution in [0.25, 0.3) is 5.76 Å². The first-order chi connectivity index (χ1) is 16.2. The lowest BCUT2D eigenvalue weighted by Crippen LogP contribution is -2.38. The van der Waals surface area contributed by atoms with Crippen molar-refractivity contribution in [3.63, 3.8) is 0 Å². The van der Waals surface area contributed by atoms with Crippen LogP contribution in [0.15, 0.2) is 42.0 Å². The predicted octanol–water partition coefficient (Wildman–Crippen LogP) is 5.81. The first kappa shape index (κ1) is 26.4. The van der Waals surface area contributed by atoms with Crippen LogP contribution < -0.4 is 4.74 Å². The highest BCUT2D eigenvalue weighted by molar-refractivity contribution is 6.47. The number of aliphatic hydroxyl groups is 1. The van der Waals surface area contributed by atoms with Crippen molar-refractivity contribution < 1.29 is 19.4 Å². The van der Waals surface area contributed by atoms with E-state index in [-0.39, 0.29) is 21.4 Å². The molecule has 0 saturated carbocycles. The van der Waals surface area contributed by atoms with Gasteiger partial charge in [0.1, 0.15) is 11.5 Å². The molecule has 34 heavy (non-hydrogen) atoms. The summed E-state index contributed by atoms with van der Waals surface area (Å²) in [5.74, 6) is -1.30. The zero-order valence-corrected chi connectivity index (χ0v) is 21.5. The molecule has 1 atom stereocenters. The van der Waals surface area contributed by atoms with Gasteiger partial charge in [0.05, 0.1) is 33.3 Å². The maximum atomic E-state index is 13.2. The minimum absolute atomic E-state index is 0.0248.